The van der Waals surface area contributed by atoms with Crippen LogP contribution in [0.1, 0.15) is 33.7 Å². The first-order chi connectivity index (χ1) is 15.5. The summed E-state index contributed by atoms with van der Waals surface area (Å²) in [6, 6.07) is 3.10. The highest BCUT2D eigenvalue weighted by Crippen LogP contribution is 2.42. The molecule has 0 atom stereocenters. The highest BCUT2D eigenvalue weighted by atomic mass is 16.5. The Balaban J connectivity index is 1.96. The molecule has 0 aliphatic heterocycles. The minimum absolute atomic E-state index is 0.101. The molecular formula is C22H21N3O7. The van der Waals surface area contributed by atoms with Crippen molar-refractivity contribution in [2.24, 2.45) is 0 Å². The van der Waals surface area contributed by atoms with E-state index in [-0.39, 0.29) is 28.4 Å². The van der Waals surface area contributed by atoms with E-state index in [1.54, 1.807) is 24.3 Å². The van der Waals surface area contributed by atoms with Crippen molar-refractivity contribution >= 4 is 17.6 Å². The third kappa shape index (κ3) is 3.35. The topological polar surface area (TPSA) is 129 Å². The van der Waals surface area contributed by atoms with Crippen molar-refractivity contribution in [3.05, 3.63) is 52.6 Å². The molecule has 0 amide bonds. The van der Waals surface area contributed by atoms with E-state index in [4.69, 9.17) is 23.4 Å². The zero-order chi connectivity index (χ0) is 22.8. The Morgan fingerprint density at radius 2 is 1.78 bits per heavy atom. The molecule has 0 fully saturated rings. The number of aromatic nitrogens is 3. The maximum absolute atomic E-state index is 13.8. The van der Waals surface area contributed by atoms with Crippen LogP contribution in [0.2, 0.25) is 0 Å². The zero-order valence-electron chi connectivity index (χ0n) is 17.9. The number of nitrogens with one attached hydrogen (secondary N) is 1. The SMILES string of the molecule is COC1=C(O)c2oc(-c3cn[nH]n3)c(C(=O)c3cc(OC)c(OC)c(OC)c3)c2C=CC1. The molecule has 1 aromatic carbocycles. The van der Waals surface area contributed by atoms with Gasteiger partial charge in [-0.15, -0.1) is 0 Å². The monoisotopic (exact) mass is 439 g/mol. The fraction of sp³-hybridized carbons (Fsp3) is 0.227. The van der Waals surface area contributed by atoms with Crippen LogP contribution in [0.5, 0.6) is 17.2 Å². The van der Waals surface area contributed by atoms with Gasteiger partial charge in [-0.25, -0.2) is 0 Å². The van der Waals surface area contributed by atoms with Crippen molar-refractivity contribution in [1.29, 1.82) is 0 Å². The Hall–Kier alpha value is -4.21. The first kappa shape index (κ1) is 21.0. The van der Waals surface area contributed by atoms with Gasteiger partial charge in [0, 0.05) is 17.5 Å². The molecule has 0 bridgehead atoms. The first-order valence-electron chi connectivity index (χ1n) is 9.54. The second kappa shape index (κ2) is 8.50. The number of aliphatic hydroxyl groups is 1. The molecule has 10 heteroatoms. The number of hydrogen-bond donors (Lipinski definition) is 2. The third-order valence-corrected chi connectivity index (χ3v) is 5.06. The highest BCUT2D eigenvalue weighted by molar-refractivity contribution is 6.15. The van der Waals surface area contributed by atoms with Crippen LogP contribution in [0.25, 0.3) is 23.3 Å². The minimum atomic E-state index is -0.398. The molecule has 2 N–H and O–H groups in total. The highest BCUT2D eigenvalue weighted by Gasteiger charge is 2.32. The predicted molar refractivity (Wildman–Crippen MR) is 114 cm³/mol. The van der Waals surface area contributed by atoms with E-state index in [0.29, 0.717) is 40.7 Å². The lowest BCUT2D eigenvalue weighted by molar-refractivity contribution is 0.103. The normalized spacial score (nSPS) is 12.9. The Morgan fingerprint density at radius 1 is 1.06 bits per heavy atom. The lowest BCUT2D eigenvalue weighted by atomic mass is 9.96. The van der Waals surface area contributed by atoms with Gasteiger partial charge in [0.15, 0.2) is 34.6 Å². The van der Waals surface area contributed by atoms with Gasteiger partial charge in [0.2, 0.25) is 5.75 Å². The van der Waals surface area contributed by atoms with Crippen LogP contribution < -0.4 is 14.2 Å². The van der Waals surface area contributed by atoms with Crippen LogP contribution in [-0.4, -0.2) is 54.7 Å². The molecule has 2 aromatic heterocycles. The average molecular weight is 439 g/mol. The number of carbonyl (C=O) groups excluding carboxylic acids is 1. The van der Waals surface area contributed by atoms with E-state index >= 15 is 0 Å². The average Bonchev–Trinajstić information content (AvgIpc) is 3.45. The number of benzene rings is 1. The number of furan rings is 1. The summed E-state index contributed by atoms with van der Waals surface area (Å²) in [6.07, 6.45) is 5.24. The van der Waals surface area contributed by atoms with Crippen LogP contribution in [0, 0.1) is 0 Å². The number of ether oxygens (including phenoxy) is 4. The molecule has 3 aromatic rings. The standard InChI is InChI=1S/C22H21N3O7/c1-28-14-7-5-6-12-17(21(13-10-23-25-24-13)32-20(12)19(14)27)18(26)11-8-15(29-2)22(31-4)16(9-11)30-3/h5-6,8-10,27H,7H2,1-4H3,(H,23,24,25). The van der Waals surface area contributed by atoms with Crippen LogP contribution in [0.3, 0.4) is 0 Å². The quantitative estimate of drug-likeness (QED) is 0.530. The smallest absolute Gasteiger partial charge is 0.203 e. The summed E-state index contributed by atoms with van der Waals surface area (Å²) in [7, 11) is 5.86. The van der Waals surface area contributed by atoms with Gasteiger partial charge in [-0.2, -0.15) is 15.4 Å². The summed E-state index contributed by atoms with van der Waals surface area (Å²) in [5, 5.41) is 21.1. The number of hydrogen-bond acceptors (Lipinski definition) is 9. The Bertz CT molecular complexity index is 1200. The van der Waals surface area contributed by atoms with Gasteiger partial charge in [0.1, 0.15) is 11.5 Å². The van der Waals surface area contributed by atoms with E-state index in [9.17, 15) is 9.90 Å². The number of methoxy groups -OCH3 is 4. The molecule has 10 nitrogen and oxygen atoms in total. The second-order valence-corrected chi connectivity index (χ2v) is 6.73. The van der Waals surface area contributed by atoms with E-state index in [2.05, 4.69) is 15.4 Å². The number of H-pyrrole nitrogens is 1. The number of carbonyl (C=O) groups is 1. The van der Waals surface area contributed by atoms with Gasteiger partial charge in [-0.3, -0.25) is 4.79 Å². The van der Waals surface area contributed by atoms with Crippen molar-refractivity contribution in [2.45, 2.75) is 6.42 Å². The van der Waals surface area contributed by atoms with Crippen molar-refractivity contribution < 1.29 is 33.3 Å². The number of allylic oxidation sites excluding steroid dienone is 1. The Morgan fingerprint density at radius 3 is 2.34 bits per heavy atom. The molecule has 166 valence electrons. The third-order valence-electron chi connectivity index (χ3n) is 5.06. The Kier molecular flexibility index (Phi) is 5.59. The van der Waals surface area contributed by atoms with E-state index in [0.717, 1.165) is 0 Å². The Labute approximate surface area is 183 Å². The van der Waals surface area contributed by atoms with E-state index < -0.39 is 5.78 Å². The molecule has 32 heavy (non-hydrogen) atoms. The summed E-state index contributed by atoms with van der Waals surface area (Å²) in [5.74, 6) is 0.986. The van der Waals surface area contributed by atoms with Crippen LogP contribution in [-0.2, 0) is 4.74 Å². The molecular weight excluding hydrogens is 418 g/mol. The summed E-state index contributed by atoms with van der Waals surface area (Å²) < 4.78 is 27.3. The second-order valence-electron chi connectivity index (χ2n) is 6.73. The van der Waals surface area contributed by atoms with Crippen molar-refractivity contribution in [2.75, 3.05) is 28.4 Å². The number of rotatable bonds is 7. The van der Waals surface area contributed by atoms with E-state index in [1.165, 1.54) is 34.6 Å². The molecule has 2 heterocycles. The lowest BCUT2D eigenvalue weighted by Crippen LogP contribution is -2.06. The molecule has 0 unspecified atom stereocenters. The van der Waals surface area contributed by atoms with Gasteiger partial charge in [-0.1, -0.05) is 12.2 Å². The number of aromatic amines is 1. The van der Waals surface area contributed by atoms with Gasteiger partial charge in [0.05, 0.1) is 40.2 Å². The molecule has 0 saturated heterocycles. The maximum atomic E-state index is 13.8. The summed E-state index contributed by atoms with van der Waals surface area (Å²) in [4.78, 5) is 13.8. The fourth-order valence-corrected chi connectivity index (χ4v) is 3.54. The summed E-state index contributed by atoms with van der Waals surface area (Å²) >= 11 is 0. The first-order valence-corrected chi connectivity index (χ1v) is 9.54. The van der Waals surface area contributed by atoms with Crippen molar-refractivity contribution in [1.82, 2.24) is 15.4 Å². The largest absolute Gasteiger partial charge is 0.502 e. The van der Waals surface area contributed by atoms with Crippen LogP contribution in [0.4, 0.5) is 0 Å². The van der Waals surface area contributed by atoms with E-state index in [1.807, 2.05) is 0 Å². The number of nitrogens with zero attached hydrogens (tertiary/aromatic N) is 2. The maximum Gasteiger partial charge on any atom is 0.203 e. The number of ketones is 1. The van der Waals surface area contributed by atoms with Crippen molar-refractivity contribution in [3.8, 4) is 28.7 Å². The molecule has 1 aliphatic rings. The summed E-state index contributed by atoms with van der Waals surface area (Å²) in [5.41, 5.74) is 1.16. The molecule has 0 radical (unpaired) electrons. The molecule has 4 rings (SSSR count). The van der Waals surface area contributed by atoms with Crippen molar-refractivity contribution in [3.63, 3.8) is 0 Å². The van der Waals surface area contributed by atoms with Crippen LogP contribution in [0.15, 0.2) is 34.6 Å². The minimum Gasteiger partial charge on any atom is -0.502 e. The van der Waals surface area contributed by atoms with Gasteiger partial charge in [0.25, 0.3) is 0 Å². The zero-order valence-corrected chi connectivity index (χ0v) is 17.9. The lowest BCUT2D eigenvalue weighted by Gasteiger charge is -2.14. The summed E-state index contributed by atoms with van der Waals surface area (Å²) in [6.45, 7) is 0. The fourth-order valence-electron chi connectivity index (χ4n) is 3.54. The number of fused-ring (bicyclic) bond motifs is 1. The molecule has 0 spiro atoms. The van der Waals surface area contributed by atoms with Gasteiger partial charge < -0.3 is 28.5 Å². The van der Waals surface area contributed by atoms with Crippen LogP contribution >= 0.6 is 0 Å². The molecule has 0 saturated carbocycles. The van der Waals surface area contributed by atoms with Gasteiger partial charge >= 0.3 is 0 Å². The van der Waals surface area contributed by atoms with Gasteiger partial charge in [-0.05, 0) is 12.1 Å². The molecule has 1 aliphatic carbocycles. The predicted octanol–water partition coefficient (Wildman–Crippen LogP) is 3.61. The number of aliphatic hydroxyl groups excluding tert-OH is 1.